The number of hydrogen-bond acceptors (Lipinski definition) is 4. The number of ether oxygens (including phenoxy) is 2. The third kappa shape index (κ3) is 2.26. The Balaban J connectivity index is 1.20. The Kier molecular flexibility index (Phi) is 3.50. The van der Waals surface area contributed by atoms with Gasteiger partial charge in [0.05, 0.1) is 17.6 Å². The highest BCUT2D eigenvalue weighted by atomic mass is 16.6. The van der Waals surface area contributed by atoms with Crippen molar-refractivity contribution in [3.8, 4) is 11.5 Å². The molecule has 5 aliphatic rings. The molecule has 3 saturated carbocycles. The smallest absolute Gasteiger partial charge is 0.258 e. The molecular formula is C22H26N2O4. The van der Waals surface area contributed by atoms with Crippen molar-refractivity contribution in [2.45, 2.75) is 50.6 Å². The van der Waals surface area contributed by atoms with Crippen molar-refractivity contribution >= 4 is 11.8 Å². The van der Waals surface area contributed by atoms with Gasteiger partial charge >= 0.3 is 0 Å². The van der Waals surface area contributed by atoms with Gasteiger partial charge in [0.1, 0.15) is 13.2 Å². The van der Waals surface area contributed by atoms with Crippen LogP contribution in [0.1, 0.15) is 48.9 Å². The van der Waals surface area contributed by atoms with Crippen molar-refractivity contribution < 1.29 is 19.1 Å². The lowest BCUT2D eigenvalue weighted by Crippen LogP contribution is -2.67. The first-order chi connectivity index (χ1) is 13.7. The number of piperazine rings is 1. The Bertz CT molecular complexity index is 849. The van der Waals surface area contributed by atoms with E-state index in [2.05, 4.69) is 4.90 Å². The second kappa shape index (κ2) is 5.88. The van der Waals surface area contributed by atoms with Crippen LogP contribution in [0, 0.1) is 11.3 Å². The van der Waals surface area contributed by atoms with Gasteiger partial charge < -0.3 is 19.3 Å². The van der Waals surface area contributed by atoms with Gasteiger partial charge in [0.15, 0.2) is 11.5 Å². The van der Waals surface area contributed by atoms with Crippen molar-refractivity contribution in [2.75, 3.05) is 26.3 Å². The van der Waals surface area contributed by atoms with E-state index in [0.717, 1.165) is 19.3 Å². The predicted molar refractivity (Wildman–Crippen MR) is 101 cm³/mol. The summed E-state index contributed by atoms with van der Waals surface area (Å²) in [4.78, 5) is 30.5. The minimum Gasteiger partial charge on any atom is -0.486 e. The van der Waals surface area contributed by atoms with Crippen molar-refractivity contribution in [3.05, 3.63) is 23.8 Å². The van der Waals surface area contributed by atoms with E-state index in [1.165, 1.54) is 19.3 Å². The maximum Gasteiger partial charge on any atom is 0.258 e. The van der Waals surface area contributed by atoms with Gasteiger partial charge in [-0.2, -0.15) is 0 Å². The summed E-state index contributed by atoms with van der Waals surface area (Å²) in [5.41, 5.74) is 0.947. The molecule has 1 aromatic rings. The molecule has 2 aliphatic heterocycles. The molecule has 2 amide bonds. The van der Waals surface area contributed by atoms with E-state index in [-0.39, 0.29) is 23.9 Å². The van der Waals surface area contributed by atoms with E-state index in [1.54, 1.807) is 0 Å². The van der Waals surface area contributed by atoms with E-state index in [1.807, 2.05) is 23.1 Å². The molecular weight excluding hydrogens is 356 g/mol. The number of amides is 2. The molecule has 0 N–H and O–H groups in total. The van der Waals surface area contributed by atoms with E-state index in [9.17, 15) is 9.59 Å². The molecule has 1 saturated heterocycles. The minimum absolute atomic E-state index is 0.00559. The molecule has 3 atom stereocenters. The third-order valence-corrected chi connectivity index (χ3v) is 7.76. The zero-order valence-electron chi connectivity index (χ0n) is 16.1. The van der Waals surface area contributed by atoms with Gasteiger partial charge in [-0.1, -0.05) is 12.5 Å². The first kappa shape index (κ1) is 16.7. The fourth-order valence-electron chi connectivity index (χ4n) is 5.74. The van der Waals surface area contributed by atoms with Gasteiger partial charge in [0.2, 0.25) is 5.91 Å². The number of carbonyl (C=O) groups is 2. The Morgan fingerprint density at radius 2 is 1.75 bits per heavy atom. The average molecular weight is 382 g/mol. The molecule has 1 unspecified atom stereocenters. The molecule has 0 bridgehead atoms. The van der Waals surface area contributed by atoms with E-state index >= 15 is 0 Å². The molecule has 2 heterocycles. The van der Waals surface area contributed by atoms with Crippen LogP contribution in [0.3, 0.4) is 0 Å². The molecule has 28 heavy (non-hydrogen) atoms. The topological polar surface area (TPSA) is 59.1 Å². The van der Waals surface area contributed by atoms with Crippen molar-refractivity contribution in [1.29, 1.82) is 0 Å². The van der Waals surface area contributed by atoms with E-state index < -0.39 is 0 Å². The summed E-state index contributed by atoms with van der Waals surface area (Å²) >= 11 is 0. The Morgan fingerprint density at radius 3 is 2.46 bits per heavy atom. The highest BCUT2D eigenvalue weighted by Gasteiger charge is 2.63. The van der Waals surface area contributed by atoms with Crippen molar-refractivity contribution in [3.63, 3.8) is 0 Å². The standard InChI is InChI=1S/C22H26N2O4/c25-20(14-3-1-4-18-19(14)28-12-11-27-18)23-9-10-24(17-6-5-16(17)23)21(26)15-13-22(15)7-2-8-22/h1,3-4,15-17H,2,5-13H2/t15?,16-,17-/m1/s1. The number of carbonyl (C=O) groups excluding carboxylic acids is 2. The van der Waals surface area contributed by atoms with Gasteiger partial charge in [-0.15, -0.1) is 0 Å². The molecule has 0 aromatic heterocycles. The van der Waals surface area contributed by atoms with Crippen LogP contribution in [0.15, 0.2) is 18.2 Å². The fraction of sp³-hybridized carbons (Fsp3) is 0.636. The van der Waals surface area contributed by atoms with Gasteiger partial charge in [-0.25, -0.2) is 0 Å². The van der Waals surface area contributed by atoms with Gasteiger partial charge in [0.25, 0.3) is 5.91 Å². The summed E-state index contributed by atoms with van der Waals surface area (Å²) in [5.74, 6) is 1.84. The highest BCUT2D eigenvalue weighted by molar-refractivity contribution is 5.98. The monoisotopic (exact) mass is 382 g/mol. The number of rotatable bonds is 2. The largest absolute Gasteiger partial charge is 0.486 e. The molecule has 1 spiro atoms. The second-order valence-electron chi connectivity index (χ2n) is 9.04. The average Bonchev–Trinajstić information content (AvgIpc) is 3.43. The third-order valence-electron chi connectivity index (χ3n) is 7.76. The van der Waals surface area contributed by atoms with Crippen LogP contribution in [0.25, 0.3) is 0 Å². The van der Waals surface area contributed by atoms with E-state index in [0.29, 0.717) is 54.7 Å². The lowest BCUT2D eigenvalue weighted by Gasteiger charge is -2.54. The maximum absolute atomic E-state index is 13.3. The van der Waals surface area contributed by atoms with Crippen LogP contribution >= 0.6 is 0 Å². The maximum atomic E-state index is 13.3. The van der Waals surface area contributed by atoms with Crippen LogP contribution in [0.2, 0.25) is 0 Å². The van der Waals surface area contributed by atoms with Crippen LogP contribution in [0.4, 0.5) is 0 Å². The summed E-state index contributed by atoms with van der Waals surface area (Å²) in [5, 5.41) is 0. The van der Waals surface area contributed by atoms with Gasteiger partial charge in [0, 0.05) is 19.0 Å². The summed E-state index contributed by atoms with van der Waals surface area (Å²) in [7, 11) is 0. The van der Waals surface area contributed by atoms with E-state index in [4.69, 9.17) is 9.47 Å². The Hall–Kier alpha value is -2.24. The lowest BCUT2D eigenvalue weighted by molar-refractivity contribution is -0.144. The molecule has 1 aromatic carbocycles. The molecule has 6 heteroatoms. The number of hydrogen-bond donors (Lipinski definition) is 0. The zero-order valence-corrected chi connectivity index (χ0v) is 16.1. The molecule has 0 radical (unpaired) electrons. The minimum atomic E-state index is 0.00559. The summed E-state index contributed by atoms with van der Waals surface area (Å²) in [6.07, 6.45) is 6.82. The van der Waals surface area contributed by atoms with Crippen molar-refractivity contribution in [2.24, 2.45) is 11.3 Å². The van der Waals surface area contributed by atoms with Crippen LogP contribution in [0.5, 0.6) is 11.5 Å². The zero-order chi connectivity index (χ0) is 18.9. The normalized spacial score (nSPS) is 31.5. The second-order valence-corrected chi connectivity index (χ2v) is 9.04. The molecule has 6 nitrogen and oxygen atoms in total. The lowest BCUT2D eigenvalue weighted by atomic mass is 9.78. The summed E-state index contributed by atoms with van der Waals surface area (Å²) in [6.45, 7) is 2.24. The number of fused-ring (bicyclic) bond motifs is 2. The highest BCUT2D eigenvalue weighted by Crippen LogP contribution is 2.66. The van der Waals surface area contributed by atoms with Crippen LogP contribution < -0.4 is 9.47 Å². The van der Waals surface area contributed by atoms with Gasteiger partial charge in [-0.3, -0.25) is 9.59 Å². The first-order valence-corrected chi connectivity index (χ1v) is 10.7. The Labute approximate surface area is 164 Å². The van der Waals surface area contributed by atoms with Crippen LogP contribution in [-0.2, 0) is 4.79 Å². The summed E-state index contributed by atoms with van der Waals surface area (Å²) < 4.78 is 11.4. The SMILES string of the molecule is O=C(c1cccc2c1OCCO2)N1CCN(C(=O)C2CC23CCC3)[C@@H]2CC[C@H]21. The molecule has 4 fully saturated rings. The summed E-state index contributed by atoms with van der Waals surface area (Å²) in [6, 6.07) is 5.86. The number of nitrogens with zero attached hydrogens (tertiary/aromatic N) is 2. The quantitative estimate of drug-likeness (QED) is 0.788. The fourth-order valence-corrected chi connectivity index (χ4v) is 5.74. The predicted octanol–water partition coefficient (Wildman–Crippen LogP) is 2.46. The molecule has 148 valence electrons. The number of benzene rings is 1. The molecule has 6 rings (SSSR count). The Morgan fingerprint density at radius 1 is 1.00 bits per heavy atom. The van der Waals surface area contributed by atoms with Gasteiger partial charge in [-0.05, 0) is 49.7 Å². The first-order valence-electron chi connectivity index (χ1n) is 10.7. The number of para-hydroxylation sites is 1. The van der Waals surface area contributed by atoms with Crippen molar-refractivity contribution in [1.82, 2.24) is 9.80 Å². The van der Waals surface area contributed by atoms with Crippen LogP contribution in [-0.4, -0.2) is 60.0 Å². The molecule has 3 aliphatic carbocycles.